The van der Waals surface area contributed by atoms with Crippen LogP contribution in [0, 0.1) is 0 Å². The zero-order valence-corrected chi connectivity index (χ0v) is 12.5. The average molecular weight is 283 g/mol. The molecule has 1 aromatic rings. The van der Waals surface area contributed by atoms with Crippen LogP contribution in [0.15, 0.2) is 11.1 Å². The van der Waals surface area contributed by atoms with Crippen molar-refractivity contribution in [2.45, 2.75) is 38.6 Å². The lowest BCUT2D eigenvalue weighted by molar-refractivity contribution is -0.139. The Hall–Kier alpha value is -1.30. The number of carbonyl (C=O) groups is 1. The minimum absolute atomic E-state index is 0.216. The predicted octanol–water partition coefficient (Wildman–Crippen LogP) is 2.52. The minimum Gasteiger partial charge on any atom is -0.465 e. The Morgan fingerprint density at radius 1 is 1.37 bits per heavy atom. The highest BCUT2D eigenvalue weighted by atomic mass is 32.2. The summed E-state index contributed by atoms with van der Waals surface area (Å²) in [6.07, 6.45) is 1.81. The van der Waals surface area contributed by atoms with E-state index in [9.17, 15) is 4.79 Å². The van der Waals surface area contributed by atoms with Gasteiger partial charge in [-0.2, -0.15) is 0 Å². The standard InChI is InChI=1S/C13H21N3O2S/c1-4-7-14-11-8-12(16-10(5-2)15-11)19-9-13(17)18-6-3/h8H,4-7,9H2,1-3H3,(H,14,15,16). The molecular formula is C13H21N3O2S. The van der Waals surface area contributed by atoms with Crippen LogP contribution in [-0.2, 0) is 16.0 Å². The average Bonchev–Trinajstić information content (AvgIpc) is 2.43. The summed E-state index contributed by atoms with van der Waals surface area (Å²) in [6.45, 7) is 7.20. The molecule has 106 valence electrons. The molecule has 1 aromatic heterocycles. The van der Waals surface area contributed by atoms with E-state index in [0.29, 0.717) is 6.61 Å². The molecule has 5 nitrogen and oxygen atoms in total. The Kier molecular flexibility index (Phi) is 7.25. The molecule has 0 spiro atoms. The lowest BCUT2D eigenvalue weighted by Crippen LogP contribution is -2.08. The number of hydrogen-bond donors (Lipinski definition) is 1. The molecule has 0 aliphatic carbocycles. The molecule has 0 fully saturated rings. The van der Waals surface area contributed by atoms with Crippen molar-refractivity contribution in [3.63, 3.8) is 0 Å². The molecule has 0 saturated carbocycles. The summed E-state index contributed by atoms with van der Waals surface area (Å²) in [5, 5.41) is 4.05. The third-order valence-corrected chi connectivity index (χ3v) is 3.15. The molecule has 0 aliphatic heterocycles. The number of nitrogens with one attached hydrogen (secondary N) is 1. The van der Waals surface area contributed by atoms with Gasteiger partial charge in [-0.05, 0) is 13.3 Å². The van der Waals surface area contributed by atoms with Crippen molar-refractivity contribution in [2.24, 2.45) is 0 Å². The fraction of sp³-hybridized carbons (Fsp3) is 0.615. The Morgan fingerprint density at radius 3 is 2.79 bits per heavy atom. The van der Waals surface area contributed by atoms with E-state index in [2.05, 4.69) is 22.2 Å². The van der Waals surface area contributed by atoms with Crippen LogP contribution in [0.2, 0.25) is 0 Å². The summed E-state index contributed by atoms with van der Waals surface area (Å²) in [5.74, 6) is 1.67. The van der Waals surface area contributed by atoms with E-state index in [0.717, 1.165) is 36.1 Å². The summed E-state index contributed by atoms with van der Waals surface area (Å²) in [4.78, 5) is 20.1. The van der Waals surface area contributed by atoms with E-state index in [1.807, 2.05) is 13.0 Å². The van der Waals surface area contributed by atoms with Gasteiger partial charge in [-0.1, -0.05) is 25.6 Å². The number of thioether (sulfide) groups is 1. The van der Waals surface area contributed by atoms with Crippen molar-refractivity contribution in [3.05, 3.63) is 11.9 Å². The van der Waals surface area contributed by atoms with Crippen LogP contribution in [0.3, 0.4) is 0 Å². The first-order valence-corrected chi connectivity index (χ1v) is 7.58. The molecule has 1 N–H and O–H groups in total. The smallest absolute Gasteiger partial charge is 0.316 e. The second-order valence-electron chi connectivity index (χ2n) is 3.88. The van der Waals surface area contributed by atoms with Gasteiger partial charge in [0.25, 0.3) is 0 Å². The van der Waals surface area contributed by atoms with Crippen LogP contribution >= 0.6 is 11.8 Å². The van der Waals surface area contributed by atoms with E-state index in [-0.39, 0.29) is 11.7 Å². The number of esters is 1. The van der Waals surface area contributed by atoms with E-state index >= 15 is 0 Å². The van der Waals surface area contributed by atoms with Crippen LogP contribution in [-0.4, -0.2) is 34.8 Å². The maximum Gasteiger partial charge on any atom is 0.316 e. The molecule has 19 heavy (non-hydrogen) atoms. The van der Waals surface area contributed by atoms with E-state index < -0.39 is 0 Å². The van der Waals surface area contributed by atoms with E-state index in [4.69, 9.17) is 4.74 Å². The number of hydrogen-bond acceptors (Lipinski definition) is 6. The first-order chi connectivity index (χ1) is 9.19. The number of nitrogens with zero attached hydrogens (tertiary/aromatic N) is 2. The third-order valence-electron chi connectivity index (χ3n) is 2.26. The Bertz CT molecular complexity index is 413. The highest BCUT2D eigenvalue weighted by Gasteiger charge is 2.07. The summed E-state index contributed by atoms with van der Waals surface area (Å²) < 4.78 is 4.90. The van der Waals surface area contributed by atoms with Crippen LogP contribution in [0.4, 0.5) is 5.82 Å². The second kappa shape index (κ2) is 8.74. The van der Waals surface area contributed by atoms with Gasteiger partial charge in [0.2, 0.25) is 0 Å². The van der Waals surface area contributed by atoms with Gasteiger partial charge in [0.05, 0.1) is 12.4 Å². The topological polar surface area (TPSA) is 64.1 Å². The van der Waals surface area contributed by atoms with Gasteiger partial charge in [0.15, 0.2) is 0 Å². The van der Waals surface area contributed by atoms with Gasteiger partial charge >= 0.3 is 5.97 Å². The highest BCUT2D eigenvalue weighted by Crippen LogP contribution is 2.19. The summed E-state index contributed by atoms with van der Waals surface area (Å²) in [6, 6.07) is 1.87. The minimum atomic E-state index is -0.216. The van der Waals surface area contributed by atoms with Crippen molar-refractivity contribution >= 4 is 23.5 Å². The number of rotatable bonds is 8. The second-order valence-corrected chi connectivity index (χ2v) is 4.88. The van der Waals surface area contributed by atoms with E-state index in [1.165, 1.54) is 11.8 Å². The number of anilines is 1. The van der Waals surface area contributed by atoms with Crippen molar-refractivity contribution in [1.29, 1.82) is 0 Å². The number of ether oxygens (including phenoxy) is 1. The van der Waals surface area contributed by atoms with Gasteiger partial charge in [-0.15, -0.1) is 0 Å². The summed E-state index contributed by atoms with van der Waals surface area (Å²) >= 11 is 1.38. The van der Waals surface area contributed by atoms with Crippen molar-refractivity contribution in [1.82, 2.24) is 9.97 Å². The molecule has 0 unspecified atom stereocenters. The molecule has 0 aromatic carbocycles. The molecule has 6 heteroatoms. The Morgan fingerprint density at radius 2 is 2.16 bits per heavy atom. The molecule has 0 radical (unpaired) electrons. The zero-order valence-electron chi connectivity index (χ0n) is 11.7. The molecule has 1 heterocycles. The molecule has 0 bridgehead atoms. The quantitative estimate of drug-likeness (QED) is 0.449. The largest absolute Gasteiger partial charge is 0.465 e. The monoisotopic (exact) mass is 283 g/mol. The number of aryl methyl sites for hydroxylation is 1. The highest BCUT2D eigenvalue weighted by molar-refractivity contribution is 7.99. The first-order valence-electron chi connectivity index (χ1n) is 6.59. The molecule has 0 aliphatic rings. The van der Waals surface area contributed by atoms with Crippen LogP contribution in [0.5, 0.6) is 0 Å². The molecule has 0 saturated heterocycles. The predicted molar refractivity (Wildman–Crippen MR) is 77.5 cm³/mol. The van der Waals surface area contributed by atoms with Crippen LogP contribution < -0.4 is 5.32 Å². The van der Waals surface area contributed by atoms with Crippen LogP contribution in [0.25, 0.3) is 0 Å². The van der Waals surface area contributed by atoms with Crippen molar-refractivity contribution in [2.75, 3.05) is 24.2 Å². The number of aromatic nitrogens is 2. The SMILES string of the molecule is CCCNc1cc(SCC(=O)OCC)nc(CC)n1. The molecule has 0 amide bonds. The summed E-state index contributed by atoms with van der Waals surface area (Å²) in [5.41, 5.74) is 0. The lowest BCUT2D eigenvalue weighted by Gasteiger charge is -2.08. The first kappa shape index (κ1) is 15.8. The molecule has 0 atom stereocenters. The van der Waals surface area contributed by atoms with Crippen LogP contribution in [0.1, 0.15) is 33.0 Å². The van der Waals surface area contributed by atoms with Crippen molar-refractivity contribution in [3.8, 4) is 0 Å². The third kappa shape index (κ3) is 5.92. The number of carbonyl (C=O) groups excluding carboxylic acids is 1. The molecule has 1 rings (SSSR count). The van der Waals surface area contributed by atoms with Gasteiger partial charge in [-0.25, -0.2) is 9.97 Å². The maximum atomic E-state index is 11.3. The van der Waals surface area contributed by atoms with Gasteiger partial charge in [0, 0.05) is 19.0 Å². The van der Waals surface area contributed by atoms with Gasteiger partial charge in [-0.3, -0.25) is 4.79 Å². The van der Waals surface area contributed by atoms with Gasteiger partial charge in [0.1, 0.15) is 16.7 Å². The Balaban J connectivity index is 2.67. The Labute approximate surface area is 118 Å². The zero-order chi connectivity index (χ0) is 14.1. The molecular weight excluding hydrogens is 262 g/mol. The van der Waals surface area contributed by atoms with E-state index in [1.54, 1.807) is 6.92 Å². The lowest BCUT2D eigenvalue weighted by atomic mass is 10.4. The fourth-order valence-electron chi connectivity index (χ4n) is 1.38. The van der Waals surface area contributed by atoms with Gasteiger partial charge < -0.3 is 10.1 Å². The normalized spacial score (nSPS) is 10.3. The summed E-state index contributed by atoms with van der Waals surface area (Å²) in [7, 11) is 0. The fourth-order valence-corrected chi connectivity index (χ4v) is 2.10. The van der Waals surface area contributed by atoms with Crippen molar-refractivity contribution < 1.29 is 9.53 Å². The maximum absolute atomic E-state index is 11.3.